The summed E-state index contributed by atoms with van der Waals surface area (Å²) in [6.45, 7) is 0.0409. The first kappa shape index (κ1) is 16.8. The van der Waals surface area contributed by atoms with Crippen molar-refractivity contribution in [1.29, 1.82) is 0 Å². The third-order valence-corrected chi connectivity index (χ3v) is 4.30. The summed E-state index contributed by atoms with van der Waals surface area (Å²) in [6.07, 6.45) is 1.38. The third-order valence-electron chi connectivity index (χ3n) is 2.81. The zero-order valence-corrected chi connectivity index (χ0v) is 12.0. The zero-order chi connectivity index (χ0) is 17.3. The van der Waals surface area contributed by atoms with Gasteiger partial charge in [0, 0.05) is 6.07 Å². The smallest absolute Gasteiger partial charge is 0.467 e. The predicted molar refractivity (Wildman–Crippen MR) is 72.4 cm³/mol. The lowest BCUT2D eigenvalue weighted by Crippen LogP contribution is -2.23. The molecular formula is C12H9F3N2O5S. The van der Waals surface area contributed by atoms with Gasteiger partial charge in [-0.3, -0.25) is 10.1 Å². The lowest BCUT2D eigenvalue weighted by atomic mass is 10.2. The Hall–Kier alpha value is -2.56. The van der Waals surface area contributed by atoms with Gasteiger partial charge in [-0.2, -0.15) is 13.2 Å². The molecule has 1 aromatic carbocycles. The molecule has 0 saturated carbocycles. The summed E-state index contributed by atoms with van der Waals surface area (Å²) in [7, 11) is -5.66. The van der Waals surface area contributed by atoms with Crippen LogP contribution in [-0.2, 0) is 16.4 Å². The van der Waals surface area contributed by atoms with Crippen molar-refractivity contribution < 1.29 is 30.9 Å². The molecule has 7 nitrogen and oxygen atoms in total. The number of anilines is 1. The second-order valence-electron chi connectivity index (χ2n) is 4.32. The number of nitro groups is 1. The molecule has 0 aliphatic rings. The van der Waals surface area contributed by atoms with Crippen LogP contribution in [0.2, 0.25) is 0 Å². The number of hydrogen-bond acceptors (Lipinski definition) is 6. The van der Waals surface area contributed by atoms with E-state index in [9.17, 15) is 31.7 Å². The van der Waals surface area contributed by atoms with Gasteiger partial charge in [0.2, 0.25) is 0 Å². The van der Waals surface area contributed by atoms with E-state index < -0.39 is 30.9 Å². The summed E-state index contributed by atoms with van der Waals surface area (Å²) in [5.41, 5.74) is -6.46. The van der Waals surface area contributed by atoms with Crippen LogP contribution in [0, 0.1) is 10.1 Å². The SMILES string of the molecule is O=[N+]([O-])c1cc(S(=O)(=O)C(F)(F)F)ccc1NCc1ccco1. The first-order chi connectivity index (χ1) is 10.6. The number of nitrogens with one attached hydrogen (secondary N) is 1. The average Bonchev–Trinajstić information content (AvgIpc) is 2.96. The minimum absolute atomic E-state index is 0.0409. The molecule has 0 aliphatic heterocycles. The third kappa shape index (κ3) is 3.44. The molecule has 0 atom stereocenters. The van der Waals surface area contributed by atoms with Gasteiger partial charge in [0.15, 0.2) is 0 Å². The van der Waals surface area contributed by atoms with Crippen molar-refractivity contribution in [3.8, 4) is 0 Å². The lowest BCUT2D eigenvalue weighted by molar-refractivity contribution is -0.384. The van der Waals surface area contributed by atoms with Crippen molar-refractivity contribution in [2.75, 3.05) is 5.32 Å². The number of rotatable bonds is 5. The topological polar surface area (TPSA) is 102 Å². The van der Waals surface area contributed by atoms with Crippen LogP contribution in [0.4, 0.5) is 24.5 Å². The molecule has 23 heavy (non-hydrogen) atoms. The highest BCUT2D eigenvalue weighted by Gasteiger charge is 2.47. The van der Waals surface area contributed by atoms with E-state index in [1.165, 1.54) is 6.26 Å². The molecule has 0 aliphatic carbocycles. The van der Waals surface area contributed by atoms with Gasteiger partial charge in [-0.1, -0.05) is 0 Å². The molecule has 0 amide bonds. The molecule has 2 aromatic rings. The fourth-order valence-electron chi connectivity index (χ4n) is 1.71. The molecule has 11 heteroatoms. The largest absolute Gasteiger partial charge is 0.501 e. The predicted octanol–water partition coefficient (Wildman–Crippen LogP) is 3.09. The molecule has 1 heterocycles. The molecule has 124 valence electrons. The van der Waals surface area contributed by atoms with Crippen molar-refractivity contribution in [3.05, 3.63) is 52.5 Å². The number of hydrogen-bond donors (Lipinski definition) is 1. The van der Waals surface area contributed by atoms with Gasteiger partial charge in [0.05, 0.1) is 22.6 Å². The normalized spacial score (nSPS) is 12.1. The lowest BCUT2D eigenvalue weighted by Gasteiger charge is -2.10. The number of halogens is 3. The molecule has 0 radical (unpaired) electrons. The van der Waals surface area contributed by atoms with E-state index >= 15 is 0 Å². The minimum atomic E-state index is -5.66. The van der Waals surface area contributed by atoms with Crippen LogP contribution >= 0.6 is 0 Å². The molecule has 0 saturated heterocycles. The molecule has 0 bridgehead atoms. The number of nitro benzene ring substituents is 1. The summed E-state index contributed by atoms with van der Waals surface area (Å²) in [4.78, 5) is 8.81. The summed E-state index contributed by atoms with van der Waals surface area (Å²) in [6, 6.07) is 5.10. The number of nitrogens with zero attached hydrogens (tertiary/aromatic N) is 1. The van der Waals surface area contributed by atoms with Gasteiger partial charge < -0.3 is 9.73 Å². The number of sulfone groups is 1. The summed E-state index contributed by atoms with van der Waals surface area (Å²) in [5, 5.41) is 13.6. The van der Waals surface area contributed by atoms with Crippen LogP contribution in [0.3, 0.4) is 0 Å². The Bertz CT molecular complexity index is 816. The van der Waals surface area contributed by atoms with Crippen molar-refractivity contribution in [2.45, 2.75) is 16.9 Å². The van der Waals surface area contributed by atoms with E-state index in [0.717, 1.165) is 6.07 Å². The molecule has 0 fully saturated rings. The quantitative estimate of drug-likeness (QED) is 0.657. The fourth-order valence-corrected chi connectivity index (χ4v) is 2.49. The van der Waals surface area contributed by atoms with Crippen LogP contribution in [0.5, 0.6) is 0 Å². The van der Waals surface area contributed by atoms with E-state index in [1.807, 2.05) is 0 Å². The highest BCUT2D eigenvalue weighted by molar-refractivity contribution is 7.92. The van der Waals surface area contributed by atoms with Gasteiger partial charge in [-0.25, -0.2) is 8.42 Å². The van der Waals surface area contributed by atoms with Gasteiger partial charge in [0.1, 0.15) is 11.4 Å². The van der Waals surface area contributed by atoms with Gasteiger partial charge >= 0.3 is 5.51 Å². The Morgan fingerprint density at radius 1 is 1.26 bits per heavy atom. The Balaban J connectivity index is 2.37. The molecule has 0 spiro atoms. The Morgan fingerprint density at radius 3 is 2.48 bits per heavy atom. The van der Waals surface area contributed by atoms with E-state index in [0.29, 0.717) is 17.9 Å². The first-order valence-corrected chi connectivity index (χ1v) is 7.47. The maximum absolute atomic E-state index is 12.5. The maximum Gasteiger partial charge on any atom is 0.501 e. The number of furan rings is 1. The molecule has 2 rings (SSSR count). The molecule has 1 N–H and O–H groups in total. The summed E-state index contributed by atoms with van der Waals surface area (Å²) < 4.78 is 65.1. The van der Waals surface area contributed by atoms with Crippen LogP contribution in [0.15, 0.2) is 45.9 Å². The van der Waals surface area contributed by atoms with E-state index in [2.05, 4.69) is 5.32 Å². The van der Waals surface area contributed by atoms with E-state index in [1.54, 1.807) is 12.1 Å². The Kier molecular flexibility index (Phi) is 4.32. The monoisotopic (exact) mass is 350 g/mol. The fraction of sp³-hybridized carbons (Fsp3) is 0.167. The van der Waals surface area contributed by atoms with Gasteiger partial charge in [-0.15, -0.1) is 0 Å². The minimum Gasteiger partial charge on any atom is -0.467 e. The Labute approximate surface area is 127 Å². The molecule has 1 aromatic heterocycles. The van der Waals surface area contributed by atoms with Crippen LogP contribution < -0.4 is 5.32 Å². The molecular weight excluding hydrogens is 341 g/mol. The van der Waals surface area contributed by atoms with Crippen molar-refractivity contribution >= 4 is 21.2 Å². The number of benzene rings is 1. The van der Waals surface area contributed by atoms with Crippen molar-refractivity contribution in [1.82, 2.24) is 0 Å². The number of alkyl halides is 3. The summed E-state index contributed by atoms with van der Waals surface area (Å²) in [5.74, 6) is 0.436. The maximum atomic E-state index is 12.5. The van der Waals surface area contributed by atoms with Gasteiger partial charge in [0.25, 0.3) is 15.5 Å². The molecule has 0 unspecified atom stereocenters. The second-order valence-corrected chi connectivity index (χ2v) is 6.26. The first-order valence-electron chi connectivity index (χ1n) is 5.99. The van der Waals surface area contributed by atoms with Crippen molar-refractivity contribution in [3.63, 3.8) is 0 Å². The van der Waals surface area contributed by atoms with Crippen LogP contribution in [0.1, 0.15) is 5.76 Å². The summed E-state index contributed by atoms with van der Waals surface area (Å²) >= 11 is 0. The highest BCUT2D eigenvalue weighted by Crippen LogP contribution is 2.34. The van der Waals surface area contributed by atoms with Crippen LogP contribution in [-0.4, -0.2) is 18.8 Å². The Morgan fingerprint density at radius 2 is 1.96 bits per heavy atom. The second kappa shape index (κ2) is 5.91. The standard InChI is InChI=1S/C12H9F3N2O5S/c13-12(14,15)23(20,21)9-3-4-10(11(6-9)17(18)19)16-7-8-2-1-5-22-8/h1-6,16H,7H2. The van der Waals surface area contributed by atoms with Crippen LogP contribution in [0.25, 0.3) is 0 Å². The van der Waals surface area contributed by atoms with Crippen molar-refractivity contribution in [2.24, 2.45) is 0 Å². The average molecular weight is 350 g/mol. The van der Waals surface area contributed by atoms with E-state index in [4.69, 9.17) is 4.42 Å². The highest BCUT2D eigenvalue weighted by atomic mass is 32.2. The zero-order valence-electron chi connectivity index (χ0n) is 11.2. The van der Waals surface area contributed by atoms with Gasteiger partial charge in [-0.05, 0) is 24.3 Å². The van der Waals surface area contributed by atoms with E-state index in [-0.39, 0.29) is 12.2 Å².